The first-order valence-corrected chi connectivity index (χ1v) is 4.88. The number of hydrogen-bond donors (Lipinski definition) is 2. The Morgan fingerprint density at radius 3 is 1.95 bits per heavy atom. The van der Waals surface area contributed by atoms with Gasteiger partial charge in [-0.15, -0.1) is 0 Å². The molecule has 1 aromatic rings. The molecule has 1 rings (SSSR count). The van der Waals surface area contributed by atoms with Gasteiger partial charge in [-0.1, -0.05) is 0 Å². The number of hydrogen-bond acceptors (Lipinski definition) is 3. The fourth-order valence-electron chi connectivity index (χ4n) is 1.19. The predicted octanol–water partition coefficient (Wildman–Crippen LogP) is 1.29. The number of rotatable bonds is 4. The van der Waals surface area contributed by atoms with Crippen LogP contribution in [0.25, 0.3) is 0 Å². The van der Waals surface area contributed by atoms with Crippen molar-refractivity contribution in [2.24, 2.45) is 5.73 Å². The van der Waals surface area contributed by atoms with Crippen molar-refractivity contribution in [1.29, 1.82) is 0 Å². The summed E-state index contributed by atoms with van der Waals surface area (Å²) in [4.78, 5) is 11.3. The van der Waals surface area contributed by atoms with Gasteiger partial charge in [0.15, 0.2) is 23.3 Å². The Kier molecular flexibility index (Phi) is 4.78. The van der Waals surface area contributed by atoms with Gasteiger partial charge in [0.05, 0.1) is 6.61 Å². The summed E-state index contributed by atoms with van der Waals surface area (Å²) in [7, 11) is 1.21. The maximum atomic E-state index is 13.2. The van der Waals surface area contributed by atoms with Crippen LogP contribution in [0, 0.1) is 29.1 Å². The summed E-state index contributed by atoms with van der Waals surface area (Å²) in [6.45, 7) is -0.290. The Morgan fingerprint density at radius 1 is 1.11 bits per heavy atom. The molecular formula is C10H9F5N2O2. The number of nitrogens with one attached hydrogen (secondary N) is 1. The Bertz CT molecular complexity index is 480. The van der Waals surface area contributed by atoms with Crippen molar-refractivity contribution in [1.82, 2.24) is 0 Å². The van der Waals surface area contributed by atoms with E-state index in [4.69, 9.17) is 5.73 Å². The summed E-state index contributed by atoms with van der Waals surface area (Å²) >= 11 is 0. The summed E-state index contributed by atoms with van der Waals surface area (Å²) in [6, 6.07) is -1.32. The normalized spacial score (nSPS) is 12.4. The lowest BCUT2D eigenvalue weighted by Crippen LogP contribution is -2.39. The highest BCUT2D eigenvalue weighted by molar-refractivity contribution is 5.95. The van der Waals surface area contributed by atoms with E-state index < -0.39 is 46.7 Å². The number of amides is 1. The lowest BCUT2D eigenvalue weighted by atomic mass is 10.2. The fourth-order valence-corrected chi connectivity index (χ4v) is 1.19. The molecule has 0 aliphatic heterocycles. The van der Waals surface area contributed by atoms with Crippen LogP contribution in [-0.2, 0) is 9.53 Å². The minimum atomic E-state index is -2.31. The molecule has 0 aliphatic rings. The van der Waals surface area contributed by atoms with Crippen molar-refractivity contribution in [3.63, 3.8) is 0 Å². The average molecular weight is 284 g/mol. The summed E-state index contributed by atoms with van der Waals surface area (Å²) in [5, 5.41) is 1.53. The standard InChI is InChI=1S/C10H9F5N2O2/c1-19-2-3(16)10(18)17-9-7(14)5(12)4(11)6(13)8(9)15/h3H,2,16H2,1H3,(H,17,18). The molecule has 1 unspecified atom stereocenters. The lowest BCUT2D eigenvalue weighted by Gasteiger charge is -2.13. The van der Waals surface area contributed by atoms with Crippen molar-refractivity contribution in [2.45, 2.75) is 6.04 Å². The van der Waals surface area contributed by atoms with Gasteiger partial charge in [-0.05, 0) is 0 Å². The second kappa shape index (κ2) is 5.93. The summed E-state index contributed by atoms with van der Waals surface area (Å²) in [6.07, 6.45) is 0. The zero-order chi connectivity index (χ0) is 14.7. The Morgan fingerprint density at radius 2 is 1.53 bits per heavy atom. The van der Waals surface area contributed by atoms with Crippen LogP contribution in [0.15, 0.2) is 0 Å². The third-order valence-electron chi connectivity index (χ3n) is 2.14. The number of ether oxygens (including phenoxy) is 1. The van der Waals surface area contributed by atoms with E-state index in [0.717, 1.165) is 0 Å². The molecule has 3 N–H and O–H groups in total. The Balaban J connectivity index is 3.12. The third-order valence-corrected chi connectivity index (χ3v) is 2.14. The van der Waals surface area contributed by atoms with Gasteiger partial charge < -0.3 is 15.8 Å². The fraction of sp³-hybridized carbons (Fsp3) is 0.300. The molecule has 4 nitrogen and oxygen atoms in total. The summed E-state index contributed by atoms with van der Waals surface area (Å²) in [5.74, 6) is -12.1. The number of nitrogens with two attached hydrogens (primary N) is 1. The van der Waals surface area contributed by atoms with Gasteiger partial charge in [0, 0.05) is 7.11 Å². The van der Waals surface area contributed by atoms with E-state index in [1.165, 1.54) is 12.4 Å². The molecule has 0 radical (unpaired) electrons. The Hall–Kier alpha value is -1.74. The summed E-state index contributed by atoms with van der Waals surface area (Å²) in [5.41, 5.74) is 3.79. The molecule has 0 bridgehead atoms. The molecule has 106 valence electrons. The monoisotopic (exact) mass is 284 g/mol. The molecule has 0 heterocycles. The number of carbonyl (C=O) groups is 1. The molecule has 1 aromatic carbocycles. The maximum Gasteiger partial charge on any atom is 0.243 e. The van der Waals surface area contributed by atoms with Crippen LogP contribution in [0.1, 0.15) is 0 Å². The number of halogens is 5. The molecule has 0 aliphatic carbocycles. The SMILES string of the molecule is COCC(N)C(=O)Nc1c(F)c(F)c(F)c(F)c1F. The molecule has 0 saturated carbocycles. The van der Waals surface area contributed by atoms with E-state index in [1.54, 1.807) is 0 Å². The molecule has 9 heteroatoms. The van der Waals surface area contributed by atoms with Gasteiger partial charge in [0.1, 0.15) is 11.7 Å². The van der Waals surface area contributed by atoms with Crippen molar-refractivity contribution >= 4 is 11.6 Å². The number of carbonyl (C=O) groups excluding carboxylic acids is 1. The maximum absolute atomic E-state index is 13.2. The highest BCUT2D eigenvalue weighted by Gasteiger charge is 2.27. The zero-order valence-electron chi connectivity index (χ0n) is 9.57. The summed E-state index contributed by atoms with van der Waals surface area (Å²) < 4.78 is 69.3. The topological polar surface area (TPSA) is 64.3 Å². The van der Waals surface area contributed by atoms with Crippen molar-refractivity contribution in [3.05, 3.63) is 29.1 Å². The highest BCUT2D eigenvalue weighted by atomic mass is 19.2. The van der Waals surface area contributed by atoms with E-state index in [2.05, 4.69) is 4.74 Å². The smallest absolute Gasteiger partial charge is 0.243 e. The van der Waals surface area contributed by atoms with E-state index in [0.29, 0.717) is 0 Å². The van der Waals surface area contributed by atoms with Crippen molar-refractivity contribution < 1.29 is 31.5 Å². The molecule has 0 spiro atoms. The predicted molar refractivity (Wildman–Crippen MR) is 54.7 cm³/mol. The lowest BCUT2D eigenvalue weighted by molar-refractivity contribution is -0.118. The minimum Gasteiger partial charge on any atom is -0.383 e. The molecule has 19 heavy (non-hydrogen) atoms. The van der Waals surface area contributed by atoms with Crippen LogP contribution < -0.4 is 11.1 Å². The first-order chi connectivity index (χ1) is 8.81. The average Bonchev–Trinajstić information content (AvgIpc) is 2.39. The molecular weight excluding hydrogens is 275 g/mol. The van der Waals surface area contributed by atoms with Crippen molar-refractivity contribution in [3.8, 4) is 0 Å². The second-order valence-electron chi connectivity index (χ2n) is 3.50. The van der Waals surface area contributed by atoms with Gasteiger partial charge >= 0.3 is 0 Å². The molecule has 1 atom stereocenters. The van der Waals surface area contributed by atoms with Crippen LogP contribution >= 0.6 is 0 Å². The molecule has 0 saturated heterocycles. The van der Waals surface area contributed by atoms with Gasteiger partial charge in [-0.2, -0.15) is 0 Å². The Labute approximate surface area is 104 Å². The quantitative estimate of drug-likeness (QED) is 0.497. The number of anilines is 1. The van der Waals surface area contributed by atoms with Crippen molar-refractivity contribution in [2.75, 3.05) is 19.0 Å². The van der Waals surface area contributed by atoms with Gasteiger partial charge in [-0.3, -0.25) is 4.79 Å². The molecule has 1 amide bonds. The van der Waals surface area contributed by atoms with Gasteiger partial charge in [0.25, 0.3) is 0 Å². The van der Waals surface area contributed by atoms with Gasteiger partial charge in [0.2, 0.25) is 11.7 Å². The minimum absolute atomic E-state index is 0.290. The highest BCUT2D eigenvalue weighted by Crippen LogP contribution is 2.27. The number of methoxy groups -OCH3 is 1. The van der Waals surface area contributed by atoms with Crippen LogP contribution in [0.5, 0.6) is 0 Å². The molecule has 0 fully saturated rings. The third kappa shape index (κ3) is 2.99. The van der Waals surface area contributed by atoms with E-state index in [-0.39, 0.29) is 6.61 Å². The zero-order valence-corrected chi connectivity index (χ0v) is 9.57. The van der Waals surface area contributed by atoms with Crippen LogP contribution in [0.2, 0.25) is 0 Å². The first kappa shape index (κ1) is 15.3. The van der Waals surface area contributed by atoms with Crippen LogP contribution in [0.4, 0.5) is 27.6 Å². The van der Waals surface area contributed by atoms with E-state index >= 15 is 0 Å². The van der Waals surface area contributed by atoms with Crippen LogP contribution in [0.3, 0.4) is 0 Å². The van der Waals surface area contributed by atoms with Gasteiger partial charge in [-0.25, -0.2) is 22.0 Å². The number of benzene rings is 1. The van der Waals surface area contributed by atoms with E-state index in [1.807, 2.05) is 0 Å². The first-order valence-electron chi connectivity index (χ1n) is 4.88. The largest absolute Gasteiger partial charge is 0.383 e. The van der Waals surface area contributed by atoms with E-state index in [9.17, 15) is 26.7 Å². The van der Waals surface area contributed by atoms with Crippen LogP contribution in [-0.4, -0.2) is 25.7 Å². The second-order valence-corrected chi connectivity index (χ2v) is 3.50. The molecule has 0 aromatic heterocycles.